The van der Waals surface area contributed by atoms with Crippen LogP contribution in [0, 0.1) is 0 Å². The van der Waals surface area contributed by atoms with Crippen molar-refractivity contribution in [3.05, 3.63) is 24.3 Å². The number of ether oxygens (including phenoxy) is 1. The van der Waals surface area contributed by atoms with Gasteiger partial charge in [-0.1, -0.05) is 19.1 Å². The summed E-state index contributed by atoms with van der Waals surface area (Å²) in [6.45, 7) is 5.26. The molecule has 4 nitrogen and oxygen atoms in total. The molecule has 1 saturated heterocycles. The Morgan fingerprint density at radius 2 is 2.11 bits per heavy atom. The first-order valence-corrected chi connectivity index (χ1v) is 8.30. The monoisotopic (exact) mass is 283 g/mol. The predicted molar refractivity (Wildman–Crippen MR) is 76.2 cm³/mol. The van der Waals surface area contributed by atoms with Crippen molar-refractivity contribution in [3.63, 3.8) is 0 Å². The lowest BCUT2D eigenvalue weighted by molar-refractivity contribution is 0.185. The largest absolute Gasteiger partial charge is 0.379 e. The van der Waals surface area contributed by atoms with Gasteiger partial charge in [0.2, 0.25) is 0 Å². The summed E-state index contributed by atoms with van der Waals surface area (Å²) in [7, 11) is -3.21. The van der Waals surface area contributed by atoms with Crippen molar-refractivity contribution >= 4 is 15.5 Å². The van der Waals surface area contributed by atoms with E-state index in [0.29, 0.717) is 30.2 Å². The maximum absolute atomic E-state index is 12.3. The number of rotatable bonds is 5. The second-order valence-electron chi connectivity index (χ2n) is 5.30. The number of hydrogen-bond donors (Lipinski definition) is 1. The van der Waals surface area contributed by atoms with E-state index in [0.717, 1.165) is 6.42 Å². The van der Waals surface area contributed by atoms with Gasteiger partial charge in [-0.2, -0.15) is 0 Å². The number of hydrogen-bond acceptors (Lipinski definition) is 4. The average molecular weight is 283 g/mol. The van der Waals surface area contributed by atoms with Crippen molar-refractivity contribution in [2.45, 2.75) is 37.1 Å². The van der Waals surface area contributed by atoms with Crippen molar-refractivity contribution in [2.75, 3.05) is 24.3 Å². The minimum atomic E-state index is -3.21. The minimum absolute atomic E-state index is 0.179. The predicted octanol–water partition coefficient (Wildman–Crippen LogP) is 2.46. The van der Waals surface area contributed by atoms with Gasteiger partial charge in [0.25, 0.3) is 0 Å². The van der Waals surface area contributed by atoms with Crippen molar-refractivity contribution in [1.29, 1.82) is 0 Å². The Bertz CT molecular complexity index is 533. The van der Waals surface area contributed by atoms with Crippen LogP contribution >= 0.6 is 0 Å². The summed E-state index contributed by atoms with van der Waals surface area (Å²) in [4.78, 5) is 0.393. The Morgan fingerprint density at radius 3 is 2.74 bits per heavy atom. The standard InChI is InChI=1S/C14H21NO3S/c1-3-10-19(16,17)13-7-5-4-6-12(13)15-14(2)8-9-18-11-14/h4-7,15H,3,8-11H2,1-2H3. The maximum Gasteiger partial charge on any atom is 0.180 e. The molecule has 1 aromatic rings. The lowest BCUT2D eigenvalue weighted by Gasteiger charge is -2.26. The maximum atomic E-state index is 12.3. The molecule has 1 atom stereocenters. The highest BCUT2D eigenvalue weighted by Gasteiger charge is 2.31. The normalized spacial score (nSPS) is 23.5. The van der Waals surface area contributed by atoms with E-state index in [-0.39, 0.29) is 11.3 Å². The molecule has 19 heavy (non-hydrogen) atoms. The Labute approximate surface area is 115 Å². The van der Waals surface area contributed by atoms with Gasteiger partial charge < -0.3 is 10.1 Å². The van der Waals surface area contributed by atoms with Crippen LogP contribution in [0.5, 0.6) is 0 Å². The fraction of sp³-hybridized carbons (Fsp3) is 0.571. The molecule has 0 aliphatic carbocycles. The van der Waals surface area contributed by atoms with Crippen LogP contribution in [0.4, 0.5) is 5.69 Å². The van der Waals surface area contributed by atoms with E-state index in [1.165, 1.54) is 0 Å². The Morgan fingerprint density at radius 1 is 1.37 bits per heavy atom. The van der Waals surface area contributed by atoms with Gasteiger partial charge in [0.05, 0.1) is 28.5 Å². The highest BCUT2D eigenvalue weighted by Crippen LogP contribution is 2.29. The van der Waals surface area contributed by atoms with E-state index < -0.39 is 9.84 Å². The highest BCUT2D eigenvalue weighted by molar-refractivity contribution is 7.91. The van der Waals surface area contributed by atoms with Gasteiger partial charge >= 0.3 is 0 Å². The first kappa shape index (κ1) is 14.3. The van der Waals surface area contributed by atoms with Crippen molar-refractivity contribution in [2.24, 2.45) is 0 Å². The molecule has 5 heteroatoms. The molecule has 1 aliphatic heterocycles. The molecule has 1 N–H and O–H groups in total. The molecule has 0 spiro atoms. The molecule has 1 aromatic carbocycles. The molecule has 0 bridgehead atoms. The molecule has 2 rings (SSSR count). The van der Waals surface area contributed by atoms with Gasteiger partial charge in [-0.15, -0.1) is 0 Å². The molecule has 1 fully saturated rings. The van der Waals surface area contributed by atoms with Crippen LogP contribution in [0.2, 0.25) is 0 Å². The van der Waals surface area contributed by atoms with E-state index in [2.05, 4.69) is 12.2 Å². The van der Waals surface area contributed by atoms with Gasteiger partial charge in [-0.05, 0) is 31.9 Å². The number of nitrogens with one attached hydrogen (secondary N) is 1. The van der Waals surface area contributed by atoms with Crippen LogP contribution in [0.3, 0.4) is 0 Å². The van der Waals surface area contributed by atoms with E-state index in [4.69, 9.17) is 4.74 Å². The molecule has 1 heterocycles. The fourth-order valence-corrected chi connectivity index (χ4v) is 3.81. The second kappa shape index (κ2) is 5.51. The van der Waals surface area contributed by atoms with Gasteiger partial charge in [-0.3, -0.25) is 0 Å². The topological polar surface area (TPSA) is 55.4 Å². The second-order valence-corrected chi connectivity index (χ2v) is 7.38. The van der Waals surface area contributed by atoms with E-state index in [1.54, 1.807) is 12.1 Å². The van der Waals surface area contributed by atoms with Gasteiger partial charge in [0, 0.05) is 6.61 Å². The Balaban J connectivity index is 2.31. The summed E-state index contributed by atoms with van der Waals surface area (Å²) in [5.74, 6) is 0.179. The van der Waals surface area contributed by atoms with Gasteiger partial charge in [-0.25, -0.2) is 8.42 Å². The third-order valence-electron chi connectivity index (χ3n) is 3.35. The average Bonchev–Trinajstić information content (AvgIpc) is 2.76. The van der Waals surface area contributed by atoms with Crippen LogP contribution in [0.15, 0.2) is 29.2 Å². The molecular formula is C14H21NO3S. The highest BCUT2D eigenvalue weighted by atomic mass is 32.2. The molecule has 0 amide bonds. The quantitative estimate of drug-likeness (QED) is 0.902. The van der Waals surface area contributed by atoms with Crippen LogP contribution in [-0.4, -0.2) is 32.9 Å². The van der Waals surface area contributed by atoms with E-state index >= 15 is 0 Å². The van der Waals surface area contributed by atoms with Crippen LogP contribution in [-0.2, 0) is 14.6 Å². The first-order valence-electron chi connectivity index (χ1n) is 6.65. The van der Waals surface area contributed by atoms with E-state index in [1.807, 2.05) is 19.1 Å². The minimum Gasteiger partial charge on any atom is -0.379 e. The zero-order valence-corrected chi connectivity index (χ0v) is 12.3. The van der Waals surface area contributed by atoms with Crippen molar-refractivity contribution in [1.82, 2.24) is 0 Å². The first-order chi connectivity index (χ1) is 8.97. The summed E-state index contributed by atoms with van der Waals surface area (Å²) in [6, 6.07) is 7.12. The van der Waals surface area contributed by atoms with Crippen molar-refractivity contribution in [3.8, 4) is 0 Å². The zero-order valence-electron chi connectivity index (χ0n) is 11.5. The summed E-state index contributed by atoms with van der Waals surface area (Å²) in [5.41, 5.74) is 0.502. The van der Waals surface area contributed by atoms with E-state index in [9.17, 15) is 8.42 Å². The third kappa shape index (κ3) is 3.28. The van der Waals surface area contributed by atoms with Crippen molar-refractivity contribution < 1.29 is 13.2 Å². The number of sulfone groups is 1. The Kier molecular flexibility index (Phi) is 4.16. The molecule has 0 saturated carbocycles. The summed E-state index contributed by atoms with van der Waals surface area (Å²) in [5, 5.41) is 3.35. The third-order valence-corrected chi connectivity index (χ3v) is 5.32. The zero-order chi connectivity index (χ0) is 13.9. The molecular weight excluding hydrogens is 262 g/mol. The smallest absolute Gasteiger partial charge is 0.180 e. The number of anilines is 1. The molecule has 0 aromatic heterocycles. The molecule has 0 radical (unpaired) electrons. The molecule has 106 valence electrons. The molecule has 1 aliphatic rings. The van der Waals surface area contributed by atoms with Crippen LogP contribution in [0.25, 0.3) is 0 Å². The number of para-hydroxylation sites is 1. The summed E-state index contributed by atoms with van der Waals surface area (Å²) in [6.07, 6.45) is 1.51. The Hall–Kier alpha value is -1.07. The number of benzene rings is 1. The summed E-state index contributed by atoms with van der Waals surface area (Å²) >= 11 is 0. The lowest BCUT2D eigenvalue weighted by Crippen LogP contribution is -2.35. The molecule has 1 unspecified atom stereocenters. The van der Waals surface area contributed by atoms with Gasteiger partial charge in [0.15, 0.2) is 9.84 Å². The van der Waals surface area contributed by atoms with Gasteiger partial charge in [0.1, 0.15) is 0 Å². The SMILES string of the molecule is CCCS(=O)(=O)c1ccccc1NC1(C)CCOC1. The summed E-state index contributed by atoms with van der Waals surface area (Å²) < 4.78 is 29.9. The van der Waals surface area contributed by atoms with Crippen LogP contribution < -0.4 is 5.32 Å². The van der Waals surface area contributed by atoms with Crippen LogP contribution in [0.1, 0.15) is 26.7 Å². The lowest BCUT2D eigenvalue weighted by atomic mass is 10.0. The fourth-order valence-electron chi connectivity index (χ4n) is 2.31.